The minimum absolute atomic E-state index is 0.0607. The quantitative estimate of drug-likeness (QED) is 0.0632. The Hall–Kier alpha value is -0.360. The lowest BCUT2D eigenvalue weighted by molar-refractivity contribution is -0.177. The molecular weight excluding hydrogens is 460 g/mol. The maximum Gasteiger partial charge on any atom is 0.167 e. The Balaban J connectivity index is 4.00. The molecule has 0 radical (unpaired) electrons. The molecule has 9 nitrogen and oxygen atoms in total. The van der Waals surface area contributed by atoms with Gasteiger partial charge in [-0.25, -0.2) is 0 Å². The summed E-state index contributed by atoms with van der Waals surface area (Å²) in [7, 11) is 0. The molecule has 0 bridgehead atoms. The van der Waals surface area contributed by atoms with E-state index < -0.39 is 37.1 Å². The number of unbranched alkanes of at least 4 members (excludes halogenated alkanes) is 12. The number of aliphatic hydroxyl groups excluding tert-OH is 4. The van der Waals surface area contributed by atoms with Gasteiger partial charge in [-0.3, -0.25) is 10.6 Å². The monoisotopic (exact) mass is 520 g/mol. The third kappa shape index (κ3) is 19.7. The normalized spacial score (nSPS) is 17.2. The van der Waals surface area contributed by atoms with Gasteiger partial charge in [0.05, 0.1) is 0 Å². The number of nitrogens with one attached hydrogen (secondary N) is 2. The minimum Gasteiger partial charge on any atom is -0.379 e. The van der Waals surface area contributed by atoms with E-state index in [4.69, 9.17) is 16.2 Å². The van der Waals surface area contributed by atoms with E-state index in [9.17, 15) is 20.4 Å². The summed E-state index contributed by atoms with van der Waals surface area (Å²) in [5.74, 6) is -0.0866. The van der Waals surface area contributed by atoms with Crippen LogP contribution < -0.4 is 22.1 Å². The van der Waals surface area contributed by atoms with E-state index in [1.165, 1.54) is 70.6 Å². The van der Waals surface area contributed by atoms with Gasteiger partial charge in [0.2, 0.25) is 0 Å². The Labute approximate surface area is 220 Å². The summed E-state index contributed by atoms with van der Waals surface area (Å²) < 4.78 is 5.39. The molecule has 0 heterocycles. The Bertz CT molecular complexity index is 465. The van der Waals surface area contributed by atoms with Crippen LogP contribution in [-0.4, -0.2) is 70.6 Å². The molecule has 0 fully saturated rings. The smallest absolute Gasteiger partial charge is 0.167 e. The van der Waals surface area contributed by atoms with E-state index in [2.05, 4.69) is 17.6 Å². The van der Waals surface area contributed by atoms with Gasteiger partial charge in [0.15, 0.2) is 6.29 Å². The van der Waals surface area contributed by atoms with E-state index in [1.54, 1.807) is 0 Å². The summed E-state index contributed by atoms with van der Waals surface area (Å²) in [6, 6.07) is -0.472. The number of hydrogen-bond donors (Lipinski definition) is 8. The highest BCUT2D eigenvalue weighted by atomic mass is 16.6. The van der Waals surface area contributed by atoms with Gasteiger partial charge >= 0.3 is 0 Å². The summed E-state index contributed by atoms with van der Waals surface area (Å²) in [5.41, 5.74) is 11.2. The molecule has 0 aromatic rings. The fourth-order valence-corrected chi connectivity index (χ4v) is 4.42. The molecule has 0 spiro atoms. The van der Waals surface area contributed by atoms with Crippen molar-refractivity contribution >= 4 is 0 Å². The molecule has 36 heavy (non-hydrogen) atoms. The molecule has 0 saturated carbocycles. The first-order chi connectivity index (χ1) is 17.2. The predicted molar refractivity (Wildman–Crippen MR) is 147 cm³/mol. The molecule has 0 aromatic heterocycles. The molecule has 0 aliphatic heterocycles. The van der Waals surface area contributed by atoms with Gasteiger partial charge in [0, 0.05) is 12.6 Å². The van der Waals surface area contributed by atoms with E-state index in [0.29, 0.717) is 19.4 Å². The summed E-state index contributed by atoms with van der Waals surface area (Å²) in [5, 5.41) is 46.4. The molecule has 0 rings (SSSR count). The van der Waals surface area contributed by atoms with Crippen LogP contribution >= 0.6 is 0 Å². The molecule has 218 valence electrons. The summed E-state index contributed by atoms with van der Waals surface area (Å²) in [6.45, 7) is 6.19. The number of hydrogen-bond acceptors (Lipinski definition) is 9. The number of aliphatic hydroxyl groups is 4. The van der Waals surface area contributed by atoms with Crippen LogP contribution in [0.1, 0.15) is 117 Å². The largest absolute Gasteiger partial charge is 0.379 e. The molecule has 0 saturated heterocycles. The molecule has 6 atom stereocenters. The van der Waals surface area contributed by atoms with Crippen molar-refractivity contribution in [2.45, 2.75) is 154 Å². The average Bonchev–Trinajstić information content (AvgIpc) is 2.83. The van der Waals surface area contributed by atoms with E-state index in [1.807, 2.05) is 13.8 Å². The van der Waals surface area contributed by atoms with Crippen molar-refractivity contribution in [3.8, 4) is 0 Å². The van der Waals surface area contributed by atoms with Crippen LogP contribution in [0, 0.1) is 5.92 Å². The van der Waals surface area contributed by atoms with Crippen molar-refractivity contribution in [1.82, 2.24) is 10.6 Å². The van der Waals surface area contributed by atoms with Crippen LogP contribution in [0.2, 0.25) is 0 Å². The van der Waals surface area contributed by atoms with E-state index in [-0.39, 0.29) is 12.5 Å². The Morgan fingerprint density at radius 3 is 1.69 bits per heavy atom. The molecule has 0 aromatic carbocycles. The lowest BCUT2D eigenvalue weighted by atomic mass is 10.0. The van der Waals surface area contributed by atoms with Crippen LogP contribution in [0.25, 0.3) is 0 Å². The maximum atomic E-state index is 10.5. The fraction of sp³-hybridized carbons (Fsp3) is 1.00. The summed E-state index contributed by atoms with van der Waals surface area (Å²) in [6.07, 6.45) is 12.7. The Kier molecular flexibility index (Phi) is 23.5. The van der Waals surface area contributed by atoms with E-state index in [0.717, 1.165) is 12.8 Å². The van der Waals surface area contributed by atoms with Crippen molar-refractivity contribution in [2.24, 2.45) is 17.4 Å². The van der Waals surface area contributed by atoms with Gasteiger partial charge in [0.25, 0.3) is 0 Å². The highest BCUT2D eigenvalue weighted by Gasteiger charge is 2.25. The second-order valence-corrected chi connectivity index (χ2v) is 10.5. The third-order valence-electron chi connectivity index (χ3n) is 6.66. The Morgan fingerprint density at radius 1 is 0.750 bits per heavy atom. The fourth-order valence-electron chi connectivity index (χ4n) is 4.42. The zero-order chi connectivity index (χ0) is 27.2. The zero-order valence-corrected chi connectivity index (χ0v) is 23.4. The minimum atomic E-state index is -1.25. The number of nitrogens with two attached hydrogens (primary N) is 2. The van der Waals surface area contributed by atoms with Gasteiger partial charge < -0.3 is 36.6 Å². The predicted octanol–water partition coefficient (Wildman–Crippen LogP) is 2.64. The van der Waals surface area contributed by atoms with Crippen molar-refractivity contribution < 1.29 is 25.2 Å². The van der Waals surface area contributed by atoms with Gasteiger partial charge in [-0.1, -0.05) is 97.8 Å². The highest BCUT2D eigenvalue weighted by Crippen LogP contribution is 2.14. The lowest BCUT2D eigenvalue weighted by Gasteiger charge is -2.30. The van der Waals surface area contributed by atoms with Crippen LogP contribution in [0.3, 0.4) is 0 Å². The van der Waals surface area contributed by atoms with Crippen LogP contribution in [0.4, 0.5) is 0 Å². The lowest BCUT2D eigenvalue weighted by Crippen LogP contribution is -2.54. The molecule has 0 amide bonds. The molecule has 0 aliphatic rings. The van der Waals surface area contributed by atoms with E-state index >= 15 is 0 Å². The topological polar surface area (TPSA) is 166 Å². The molecule has 6 unspecified atom stereocenters. The van der Waals surface area contributed by atoms with Gasteiger partial charge in [0.1, 0.15) is 24.8 Å². The highest BCUT2D eigenvalue weighted by molar-refractivity contribution is 4.77. The number of rotatable bonds is 26. The van der Waals surface area contributed by atoms with Crippen LogP contribution in [0.5, 0.6) is 0 Å². The average molecular weight is 521 g/mol. The molecule has 10 N–H and O–H groups in total. The first-order valence-electron chi connectivity index (χ1n) is 14.6. The van der Waals surface area contributed by atoms with Crippen molar-refractivity contribution in [3.63, 3.8) is 0 Å². The third-order valence-corrected chi connectivity index (χ3v) is 6.66. The zero-order valence-electron chi connectivity index (χ0n) is 23.4. The van der Waals surface area contributed by atoms with Crippen molar-refractivity contribution in [1.29, 1.82) is 0 Å². The molecule has 0 aliphatic carbocycles. The molecule has 9 heteroatoms. The molecular formula is C27H60N4O5. The van der Waals surface area contributed by atoms with Crippen LogP contribution in [-0.2, 0) is 4.74 Å². The standard InChI is InChI=1S/C27H60N4O5/c1-4-5-6-7-8-9-10-11-12-13-14-15-16-17-23(32)31-22(18-19-28)27(35)30-20-24(33)36-25(21(2)3)26(29)34/h21-27,30-35H,4-20,28-29H2,1-3H3. The SMILES string of the molecule is CCCCCCCCCCCCCCCC(O)NC(CCN)C(O)NCC(O)OC(C(C)C)C(N)O. The summed E-state index contributed by atoms with van der Waals surface area (Å²) in [4.78, 5) is 0. The van der Waals surface area contributed by atoms with Crippen molar-refractivity contribution in [2.75, 3.05) is 13.1 Å². The van der Waals surface area contributed by atoms with Gasteiger partial charge in [-0.05, 0) is 31.7 Å². The van der Waals surface area contributed by atoms with Crippen molar-refractivity contribution in [3.05, 3.63) is 0 Å². The van der Waals surface area contributed by atoms with Gasteiger partial charge in [-0.15, -0.1) is 0 Å². The second kappa shape index (κ2) is 23.7. The van der Waals surface area contributed by atoms with Crippen LogP contribution in [0.15, 0.2) is 0 Å². The Morgan fingerprint density at radius 2 is 1.25 bits per heavy atom. The summed E-state index contributed by atoms with van der Waals surface area (Å²) >= 11 is 0. The first-order valence-corrected chi connectivity index (χ1v) is 14.6. The van der Waals surface area contributed by atoms with Gasteiger partial charge in [-0.2, -0.15) is 0 Å². The first kappa shape index (κ1) is 35.6. The maximum absolute atomic E-state index is 10.5. The second-order valence-electron chi connectivity index (χ2n) is 10.5. The number of ether oxygens (including phenoxy) is 1.